The zero-order valence-corrected chi connectivity index (χ0v) is 21.2. The first-order valence-electron chi connectivity index (χ1n) is 11.3. The van der Waals surface area contributed by atoms with E-state index in [0.717, 1.165) is 34.4 Å². The Hall–Kier alpha value is -2.64. The summed E-state index contributed by atoms with van der Waals surface area (Å²) in [7, 11) is 0. The molecule has 2 aromatic rings. The van der Waals surface area contributed by atoms with Crippen molar-refractivity contribution in [1.82, 2.24) is 9.80 Å². The van der Waals surface area contributed by atoms with Crippen LogP contribution in [0.2, 0.25) is 0 Å². The average Bonchev–Trinajstić information content (AvgIpc) is 3.06. The van der Waals surface area contributed by atoms with Gasteiger partial charge in [0, 0.05) is 23.1 Å². The van der Waals surface area contributed by atoms with Crippen molar-refractivity contribution in [3.63, 3.8) is 0 Å². The molecule has 7 heteroatoms. The van der Waals surface area contributed by atoms with Crippen molar-refractivity contribution >= 4 is 33.4 Å². The van der Waals surface area contributed by atoms with Crippen molar-refractivity contribution in [2.75, 3.05) is 32.8 Å². The number of Topliss-reactive ketones (excluding diaryl/α,β-unsaturated/α-hetero) is 1. The van der Waals surface area contributed by atoms with E-state index >= 15 is 0 Å². The van der Waals surface area contributed by atoms with Gasteiger partial charge >= 0.3 is 0 Å². The summed E-state index contributed by atoms with van der Waals surface area (Å²) in [4.78, 5) is 30.0. The predicted octanol–water partition coefficient (Wildman–Crippen LogP) is 4.92. The Labute approximate surface area is 204 Å². The van der Waals surface area contributed by atoms with Crippen LogP contribution in [-0.2, 0) is 9.59 Å². The van der Waals surface area contributed by atoms with Crippen LogP contribution in [0, 0.1) is 6.92 Å². The number of nitrogens with zero attached hydrogens (tertiary/aromatic N) is 2. The van der Waals surface area contributed by atoms with Gasteiger partial charge in [-0.1, -0.05) is 41.9 Å². The van der Waals surface area contributed by atoms with E-state index in [1.54, 1.807) is 23.1 Å². The van der Waals surface area contributed by atoms with Gasteiger partial charge in [-0.2, -0.15) is 0 Å². The third-order valence-corrected chi connectivity index (χ3v) is 6.55. The van der Waals surface area contributed by atoms with Gasteiger partial charge in [0.25, 0.3) is 11.7 Å². The lowest BCUT2D eigenvalue weighted by Crippen LogP contribution is -2.38. The quantitative estimate of drug-likeness (QED) is 0.292. The van der Waals surface area contributed by atoms with Crippen LogP contribution in [-0.4, -0.2) is 59.4 Å². The molecule has 2 aromatic carbocycles. The van der Waals surface area contributed by atoms with E-state index in [2.05, 4.69) is 34.7 Å². The maximum atomic E-state index is 13.2. The van der Waals surface area contributed by atoms with Crippen LogP contribution in [0.15, 0.2) is 52.5 Å². The number of ether oxygens (including phenoxy) is 1. The molecule has 176 valence electrons. The van der Waals surface area contributed by atoms with Crippen molar-refractivity contribution < 1.29 is 19.4 Å². The van der Waals surface area contributed by atoms with Gasteiger partial charge in [-0.05, 0) is 68.4 Å². The minimum absolute atomic E-state index is 0.116. The highest BCUT2D eigenvalue weighted by atomic mass is 79.9. The summed E-state index contributed by atoms with van der Waals surface area (Å²) in [6, 6.07) is 12.1. The average molecular weight is 515 g/mol. The lowest BCUT2D eigenvalue weighted by molar-refractivity contribution is -0.140. The van der Waals surface area contributed by atoms with E-state index in [9.17, 15) is 14.7 Å². The van der Waals surface area contributed by atoms with Crippen molar-refractivity contribution in [2.24, 2.45) is 0 Å². The summed E-state index contributed by atoms with van der Waals surface area (Å²) in [5.74, 6) is -0.693. The van der Waals surface area contributed by atoms with Gasteiger partial charge in [-0.15, -0.1) is 0 Å². The number of rotatable bonds is 9. The topological polar surface area (TPSA) is 70.1 Å². The number of hydrogen-bond acceptors (Lipinski definition) is 5. The van der Waals surface area contributed by atoms with Crippen LogP contribution >= 0.6 is 15.9 Å². The van der Waals surface area contributed by atoms with Crippen molar-refractivity contribution in [1.29, 1.82) is 0 Å². The van der Waals surface area contributed by atoms with E-state index in [-0.39, 0.29) is 11.3 Å². The van der Waals surface area contributed by atoms with Gasteiger partial charge in [0.15, 0.2) is 0 Å². The molecule has 1 aliphatic rings. The van der Waals surface area contributed by atoms with Gasteiger partial charge in [-0.3, -0.25) is 9.59 Å². The van der Waals surface area contributed by atoms with Crippen LogP contribution in [0.5, 0.6) is 5.75 Å². The Morgan fingerprint density at radius 2 is 1.76 bits per heavy atom. The fourth-order valence-corrected chi connectivity index (χ4v) is 4.43. The molecule has 1 saturated heterocycles. The van der Waals surface area contributed by atoms with Gasteiger partial charge in [0.1, 0.15) is 11.5 Å². The molecule has 0 unspecified atom stereocenters. The fourth-order valence-electron chi connectivity index (χ4n) is 4.16. The third-order valence-electron chi connectivity index (χ3n) is 6.03. The van der Waals surface area contributed by atoms with E-state index in [4.69, 9.17) is 4.74 Å². The number of aliphatic hydroxyl groups is 1. The number of benzene rings is 2. The number of aliphatic hydroxyl groups excluding tert-OH is 1. The van der Waals surface area contributed by atoms with Crippen molar-refractivity contribution in [2.45, 2.75) is 33.7 Å². The lowest BCUT2D eigenvalue weighted by Gasteiger charge is -2.28. The summed E-state index contributed by atoms with van der Waals surface area (Å²) in [5.41, 5.74) is 2.23. The zero-order chi connectivity index (χ0) is 24.1. The minimum atomic E-state index is -0.661. The number of hydrogen-bond donors (Lipinski definition) is 1. The monoisotopic (exact) mass is 514 g/mol. The van der Waals surface area contributed by atoms with E-state index < -0.39 is 17.7 Å². The molecule has 0 aliphatic carbocycles. The predicted molar refractivity (Wildman–Crippen MR) is 133 cm³/mol. The molecule has 0 radical (unpaired) electrons. The molecule has 3 rings (SSSR count). The molecule has 1 heterocycles. The molecule has 6 nitrogen and oxygen atoms in total. The summed E-state index contributed by atoms with van der Waals surface area (Å²) in [6.45, 7) is 11.2. The molecule has 1 amide bonds. The maximum Gasteiger partial charge on any atom is 0.295 e. The maximum absolute atomic E-state index is 13.2. The van der Waals surface area contributed by atoms with Gasteiger partial charge < -0.3 is 19.6 Å². The first-order valence-corrected chi connectivity index (χ1v) is 12.1. The summed E-state index contributed by atoms with van der Waals surface area (Å²) in [5, 5.41) is 11.2. The number of amides is 1. The molecular formula is C26H31BrN2O4. The molecule has 0 spiro atoms. The Balaban J connectivity index is 2.09. The lowest BCUT2D eigenvalue weighted by atomic mass is 9.95. The number of likely N-dealkylation sites (tertiary alicyclic amines) is 1. The Bertz CT molecular complexity index is 1040. The molecule has 1 N–H and O–H groups in total. The second kappa shape index (κ2) is 11.0. The molecular weight excluding hydrogens is 484 g/mol. The van der Waals surface area contributed by atoms with E-state index in [0.29, 0.717) is 25.3 Å². The summed E-state index contributed by atoms with van der Waals surface area (Å²) < 4.78 is 6.49. The highest BCUT2D eigenvalue weighted by Crippen LogP contribution is 2.40. The highest BCUT2D eigenvalue weighted by molar-refractivity contribution is 9.10. The van der Waals surface area contributed by atoms with Gasteiger partial charge in [0.05, 0.1) is 18.2 Å². The Morgan fingerprint density at radius 3 is 2.33 bits per heavy atom. The van der Waals surface area contributed by atoms with Crippen LogP contribution in [0.4, 0.5) is 0 Å². The smallest absolute Gasteiger partial charge is 0.295 e. The number of ketones is 1. The van der Waals surface area contributed by atoms with Crippen LogP contribution in [0.1, 0.15) is 43.5 Å². The Morgan fingerprint density at radius 1 is 1.09 bits per heavy atom. The Kier molecular flexibility index (Phi) is 8.32. The van der Waals surface area contributed by atoms with Crippen LogP contribution in [0.25, 0.3) is 5.76 Å². The van der Waals surface area contributed by atoms with Crippen LogP contribution < -0.4 is 4.74 Å². The number of halogens is 1. The minimum Gasteiger partial charge on any atom is -0.507 e. The van der Waals surface area contributed by atoms with Gasteiger partial charge in [0.2, 0.25) is 0 Å². The molecule has 1 fully saturated rings. The molecule has 1 atom stereocenters. The zero-order valence-electron chi connectivity index (χ0n) is 19.6. The largest absolute Gasteiger partial charge is 0.507 e. The first kappa shape index (κ1) is 25.0. The van der Waals surface area contributed by atoms with E-state index in [1.807, 2.05) is 38.1 Å². The molecule has 0 saturated carbocycles. The summed E-state index contributed by atoms with van der Waals surface area (Å²) >= 11 is 3.44. The van der Waals surface area contributed by atoms with Crippen molar-refractivity contribution in [3.8, 4) is 5.75 Å². The third kappa shape index (κ3) is 5.31. The number of carbonyl (C=O) groups excluding carboxylic acids is 2. The fraction of sp³-hybridized carbons (Fsp3) is 0.385. The van der Waals surface area contributed by atoms with Crippen molar-refractivity contribution in [3.05, 3.63) is 69.2 Å². The van der Waals surface area contributed by atoms with Crippen LogP contribution in [0.3, 0.4) is 0 Å². The van der Waals surface area contributed by atoms with E-state index in [1.165, 1.54) is 0 Å². The highest BCUT2D eigenvalue weighted by Gasteiger charge is 2.45. The SMILES string of the molecule is CCOc1ccc(C(O)=C2C(=O)C(=O)N(CCN(CC)CC)[C@@H]2c2ccc(Br)cc2)cc1C. The van der Waals surface area contributed by atoms with Gasteiger partial charge in [-0.25, -0.2) is 0 Å². The first-order chi connectivity index (χ1) is 15.8. The summed E-state index contributed by atoms with van der Waals surface area (Å²) in [6.07, 6.45) is 0. The normalized spacial score (nSPS) is 17.8. The number of carbonyl (C=O) groups is 2. The number of aryl methyl sites for hydroxylation is 1. The second-order valence-corrected chi connectivity index (χ2v) is 8.90. The molecule has 1 aliphatic heterocycles. The molecule has 0 bridgehead atoms. The standard InChI is InChI=1S/C26H31BrN2O4/c1-5-28(6-2)14-15-29-23(18-8-11-20(27)12-9-18)22(25(31)26(29)32)24(30)19-10-13-21(33-7-3)17(4)16-19/h8-13,16,23,30H,5-7,14-15H2,1-4H3/t23-/m1/s1. The second-order valence-electron chi connectivity index (χ2n) is 7.98. The number of likely N-dealkylation sites (N-methyl/N-ethyl adjacent to an activating group) is 1. The molecule has 0 aromatic heterocycles. The molecule has 33 heavy (non-hydrogen) atoms.